The van der Waals surface area contributed by atoms with Gasteiger partial charge in [0.1, 0.15) is 12.0 Å². The first-order valence-electron chi connectivity index (χ1n) is 11.7. The molecule has 1 aliphatic carbocycles. The number of allylic oxidation sites excluding steroid dienone is 1. The Balaban J connectivity index is 1.31. The third-order valence-corrected chi connectivity index (χ3v) is 7.03. The predicted molar refractivity (Wildman–Crippen MR) is 138 cm³/mol. The Kier molecular flexibility index (Phi) is 5.20. The first-order chi connectivity index (χ1) is 16.7. The van der Waals surface area contributed by atoms with Crippen LogP contribution in [0.1, 0.15) is 34.6 Å². The standard InChI is InChI=1S/C31H25FN2/c1-20-30-23(17-28(25-13-4-5-15-27(25)30)26-14-6-7-16-29(26)32)19-34-31(20)33-18-22-11-8-10-21-9-2-3-12-24(21)22/h2-16,19,28,31,33H,1,17-18H2. The van der Waals surface area contributed by atoms with E-state index in [2.05, 4.69) is 66.5 Å². The van der Waals surface area contributed by atoms with Crippen LogP contribution in [0.4, 0.5) is 4.39 Å². The van der Waals surface area contributed by atoms with Crippen molar-refractivity contribution >= 4 is 22.6 Å². The molecule has 4 aromatic rings. The van der Waals surface area contributed by atoms with E-state index in [4.69, 9.17) is 4.99 Å². The molecular weight excluding hydrogens is 419 g/mol. The van der Waals surface area contributed by atoms with Crippen LogP contribution in [-0.4, -0.2) is 12.4 Å². The van der Waals surface area contributed by atoms with Crippen molar-refractivity contribution < 1.29 is 4.39 Å². The third-order valence-electron chi connectivity index (χ3n) is 7.03. The van der Waals surface area contributed by atoms with Gasteiger partial charge in [0, 0.05) is 18.7 Å². The number of aliphatic imine (C=N–C) groups is 1. The molecule has 0 spiro atoms. The minimum atomic E-state index is -0.198. The average molecular weight is 445 g/mol. The molecule has 3 heteroatoms. The smallest absolute Gasteiger partial charge is 0.127 e. The van der Waals surface area contributed by atoms with E-state index in [1.807, 2.05) is 30.5 Å². The van der Waals surface area contributed by atoms with Crippen LogP contribution in [-0.2, 0) is 6.54 Å². The number of rotatable bonds is 4. The van der Waals surface area contributed by atoms with Crippen LogP contribution in [0.3, 0.4) is 0 Å². The molecule has 6 rings (SSSR count). The molecule has 0 amide bonds. The molecule has 166 valence electrons. The fourth-order valence-electron chi connectivity index (χ4n) is 5.39. The molecule has 2 nitrogen and oxygen atoms in total. The Hall–Kier alpha value is -3.82. The average Bonchev–Trinajstić information content (AvgIpc) is 2.88. The number of benzene rings is 4. The van der Waals surface area contributed by atoms with E-state index in [0.717, 1.165) is 33.4 Å². The van der Waals surface area contributed by atoms with Crippen LogP contribution in [0.5, 0.6) is 0 Å². The summed E-state index contributed by atoms with van der Waals surface area (Å²) in [5, 5.41) is 6.09. The lowest BCUT2D eigenvalue weighted by Gasteiger charge is -2.34. The number of hydrogen-bond donors (Lipinski definition) is 1. The van der Waals surface area contributed by atoms with Crippen molar-refractivity contribution in [2.45, 2.75) is 25.0 Å². The minimum absolute atomic E-state index is 0.0319. The fraction of sp³-hybridized carbons (Fsp3) is 0.129. The Bertz CT molecular complexity index is 1470. The number of dihydropyridines is 1. The lowest BCUT2D eigenvalue weighted by Crippen LogP contribution is -2.32. The zero-order valence-corrected chi connectivity index (χ0v) is 18.8. The summed E-state index contributed by atoms with van der Waals surface area (Å²) >= 11 is 0. The molecular formula is C31H25FN2. The summed E-state index contributed by atoms with van der Waals surface area (Å²) in [7, 11) is 0. The SMILES string of the molecule is C=C1C2=C(C=NC1NCc1cccc3ccccc13)CC(c1ccccc1F)c1ccccc12. The molecule has 2 unspecified atom stereocenters. The Morgan fingerprint density at radius 2 is 1.59 bits per heavy atom. The van der Waals surface area contributed by atoms with Gasteiger partial charge in [-0.15, -0.1) is 0 Å². The highest BCUT2D eigenvalue weighted by Gasteiger charge is 2.33. The summed E-state index contributed by atoms with van der Waals surface area (Å²) in [5.41, 5.74) is 7.49. The van der Waals surface area contributed by atoms with E-state index in [0.29, 0.717) is 13.0 Å². The van der Waals surface area contributed by atoms with Crippen molar-refractivity contribution in [3.05, 3.63) is 137 Å². The lowest BCUT2D eigenvalue weighted by molar-refractivity contribution is 0.588. The third kappa shape index (κ3) is 3.49. The summed E-state index contributed by atoms with van der Waals surface area (Å²) in [6.45, 7) is 5.16. The predicted octanol–water partition coefficient (Wildman–Crippen LogP) is 7.02. The van der Waals surface area contributed by atoms with Crippen molar-refractivity contribution in [1.29, 1.82) is 0 Å². The maximum Gasteiger partial charge on any atom is 0.127 e. The van der Waals surface area contributed by atoms with Gasteiger partial charge >= 0.3 is 0 Å². The van der Waals surface area contributed by atoms with Crippen molar-refractivity contribution in [2.24, 2.45) is 4.99 Å². The van der Waals surface area contributed by atoms with Gasteiger partial charge in [0.25, 0.3) is 0 Å². The van der Waals surface area contributed by atoms with Gasteiger partial charge in [-0.05, 0) is 62.2 Å². The van der Waals surface area contributed by atoms with Gasteiger partial charge < -0.3 is 0 Å². The Labute approximate surface area is 199 Å². The highest BCUT2D eigenvalue weighted by Crippen LogP contribution is 2.46. The monoisotopic (exact) mass is 444 g/mol. The summed E-state index contributed by atoms with van der Waals surface area (Å²) in [4.78, 5) is 4.83. The zero-order valence-electron chi connectivity index (χ0n) is 18.8. The largest absolute Gasteiger partial charge is 0.288 e. The van der Waals surface area contributed by atoms with Crippen molar-refractivity contribution in [1.82, 2.24) is 5.32 Å². The van der Waals surface area contributed by atoms with Gasteiger partial charge in [0.2, 0.25) is 0 Å². The number of halogens is 1. The highest BCUT2D eigenvalue weighted by atomic mass is 19.1. The molecule has 0 radical (unpaired) electrons. The molecule has 1 heterocycles. The fourth-order valence-corrected chi connectivity index (χ4v) is 5.39. The number of nitrogens with zero attached hydrogens (tertiary/aromatic N) is 1. The highest BCUT2D eigenvalue weighted by molar-refractivity contribution is 6.01. The molecule has 0 aromatic heterocycles. The second-order valence-electron chi connectivity index (χ2n) is 8.99. The Morgan fingerprint density at radius 3 is 2.47 bits per heavy atom. The van der Waals surface area contributed by atoms with Crippen LogP contribution in [0.25, 0.3) is 16.3 Å². The molecule has 4 aromatic carbocycles. The maximum atomic E-state index is 14.7. The van der Waals surface area contributed by atoms with Crippen LogP contribution in [0.2, 0.25) is 0 Å². The van der Waals surface area contributed by atoms with E-state index in [9.17, 15) is 4.39 Å². The number of nitrogens with one attached hydrogen (secondary N) is 1. The van der Waals surface area contributed by atoms with Gasteiger partial charge in [-0.3, -0.25) is 10.3 Å². The second kappa shape index (κ2) is 8.51. The normalized spacial score (nSPS) is 19.3. The molecule has 34 heavy (non-hydrogen) atoms. The zero-order chi connectivity index (χ0) is 23.1. The van der Waals surface area contributed by atoms with Gasteiger partial charge in [-0.25, -0.2) is 4.39 Å². The first-order valence-corrected chi connectivity index (χ1v) is 11.7. The van der Waals surface area contributed by atoms with Crippen molar-refractivity contribution in [3.8, 4) is 0 Å². The molecule has 0 saturated carbocycles. The van der Waals surface area contributed by atoms with Crippen molar-refractivity contribution in [3.63, 3.8) is 0 Å². The van der Waals surface area contributed by atoms with E-state index in [1.54, 1.807) is 12.1 Å². The van der Waals surface area contributed by atoms with Gasteiger partial charge in [0.15, 0.2) is 0 Å². The van der Waals surface area contributed by atoms with Gasteiger partial charge in [-0.2, -0.15) is 0 Å². The van der Waals surface area contributed by atoms with E-state index in [1.165, 1.54) is 16.3 Å². The van der Waals surface area contributed by atoms with Crippen LogP contribution >= 0.6 is 0 Å². The molecule has 0 saturated heterocycles. The maximum absolute atomic E-state index is 14.7. The number of fused-ring (bicyclic) bond motifs is 3. The lowest BCUT2D eigenvalue weighted by atomic mass is 9.73. The van der Waals surface area contributed by atoms with E-state index < -0.39 is 0 Å². The van der Waals surface area contributed by atoms with E-state index >= 15 is 0 Å². The quantitative estimate of drug-likeness (QED) is 0.359. The second-order valence-corrected chi connectivity index (χ2v) is 8.99. The van der Waals surface area contributed by atoms with Crippen molar-refractivity contribution in [2.75, 3.05) is 0 Å². The minimum Gasteiger partial charge on any atom is -0.288 e. The summed E-state index contributed by atoms with van der Waals surface area (Å²) in [5.74, 6) is -0.192. The van der Waals surface area contributed by atoms with Gasteiger partial charge in [0.05, 0.1) is 0 Å². The molecule has 1 aliphatic heterocycles. The summed E-state index contributed by atoms with van der Waals surface area (Å²) in [6, 6.07) is 30.2. The molecule has 2 aliphatic rings. The molecule has 2 atom stereocenters. The topological polar surface area (TPSA) is 24.4 Å². The first kappa shape index (κ1) is 20.8. The summed E-state index contributed by atoms with van der Waals surface area (Å²) < 4.78 is 14.7. The molecule has 1 N–H and O–H groups in total. The summed E-state index contributed by atoms with van der Waals surface area (Å²) in [6.07, 6.45) is 2.48. The van der Waals surface area contributed by atoms with Gasteiger partial charge in [-0.1, -0.05) is 91.5 Å². The molecule has 0 bridgehead atoms. The molecule has 0 fully saturated rings. The van der Waals surface area contributed by atoms with Crippen LogP contribution in [0.15, 0.2) is 114 Å². The Morgan fingerprint density at radius 1 is 0.853 bits per heavy atom. The van der Waals surface area contributed by atoms with Crippen LogP contribution < -0.4 is 5.32 Å². The van der Waals surface area contributed by atoms with Crippen LogP contribution in [0, 0.1) is 5.82 Å². The number of hydrogen-bond acceptors (Lipinski definition) is 2. The van der Waals surface area contributed by atoms with E-state index in [-0.39, 0.29) is 17.9 Å².